The fourth-order valence-electron chi connectivity index (χ4n) is 6.69. The summed E-state index contributed by atoms with van der Waals surface area (Å²) in [7, 11) is 0. The zero-order valence-corrected chi connectivity index (χ0v) is 26.2. The number of hydrogen-bond acceptors (Lipinski definition) is 7. The van der Waals surface area contributed by atoms with Crippen LogP contribution in [0.3, 0.4) is 0 Å². The van der Waals surface area contributed by atoms with Crippen LogP contribution in [0.25, 0.3) is 17.1 Å². The molecule has 46 heavy (non-hydrogen) atoms. The van der Waals surface area contributed by atoms with Gasteiger partial charge in [-0.3, -0.25) is 10.00 Å². The Bertz CT molecular complexity index is 1890. The summed E-state index contributed by atoms with van der Waals surface area (Å²) in [6.45, 7) is 7.04. The van der Waals surface area contributed by atoms with Crippen molar-refractivity contribution in [2.45, 2.75) is 58.4 Å². The summed E-state index contributed by atoms with van der Waals surface area (Å²) < 4.78 is 13.9. The molecule has 0 radical (unpaired) electrons. The molecular formula is C37H37FN8. The maximum Gasteiger partial charge on any atom is 0.199 e. The number of pyridine rings is 1. The molecule has 0 amide bonds. The summed E-state index contributed by atoms with van der Waals surface area (Å²) in [4.78, 5) is 17.0. The van der Waals surface area contributed by atoms with Crippen molar-refractivity contribution in [3.05, 3.63) is 118 Å². The number of aliphatic imine (C=N–C) groups is 1. The minimum absolute atomic E-state index is 0.249. The van der Waals surface area contributed by atoms with Crippen LogP contribution >= 0.6 is 0 Å². The molecule has 2 aromatic heterocycles. The van der Waals surface area contributed by atoms with Crippen molar-refractivity contribution in [3.8, 4) is 11.5 Å². The maximum absolute atomic E-state index is 13.9. The van der Waals surface area contributed by atoms with Gasteiger partial charge in [0.05, 0.1) is 5.71 Å². The van der Waals surface area contributed by atoms with Gasteiger partial charge in [-0.25, -0.2) is 24.4 Å². The first kappa shape index (κ1) is 28.7. The van der Waals surface area contributed by atoms with Crippen molar-refractivity contribution in [2.24, 2.45) is 16.0 Å². The summed E-state index contributed by atoms with van der Waals surface area (Å²) in [5, 5.41) is 14.5. The van der Waals surface area contributed by atoms with Crippen molar-refractivity contribution in [3.63, 3.8) is 0 Å². The number of nitrogens with zero attached hydrogens (tertiary/aromatic N) is 7. The number of aromatic nitrogens is 4. The average Bonchev–Trinajstić information content (AvgIpc) is 3.81. The number of nitrogens with one attached hydrogen (secondary N) is 1. The highest BCUT2D eigenvalue weighted by molar-refractivity contribution is 6.32. The van der Waals surface area contributed by atoms with Crippen LogP contribution < -0.4 is 0 Å². The van der Waals surface area contributed by atoms with Gasteiger partial charge in [0.2, 0.25) is 0 Å². The van der Waals surface area contributed by atoms with Crippen LogP contribution in [0.4, 0.5) is 4.39 Å². The first-order valence-electron chi connectivity index (χ1n) is 16.3. The molecule has 3 aliphatic heterocycles. The van der Waals surface area contributed by atoms with E-state index in [1.807, 2.05) is 42.3 Å². The number of H-pyrrole nitrogens is 1. The van der Waals surface area contributed by atoms with Gasteiger partial charge in [-0.05, 0) is 99.5 Å². The third-order valence-electron chi connectivity index (χ3n) is 9.44. The largest absolute Gasteiger partial charge is 0.299 e. The lowest BCUT2D eigenvalue weighted by molar-refractivity contribution is 0.202. The number of likely N-dealkylation sites (tertiary alicyclic amines) is 1. The minimum atomic E-state index is -0.249. The number of halogens is 1. The Morgan fingerprint density at radius 2 is 1.61 bits per heavy atom. The smallest absolute Gasteiger partial charge is 0.199 e. The average molecular weight is 613 g/mol. The topological polar surface area (TPSA) is 85.7 Å². The Morgan fingerprint density at radius 3 is 2.35 bits per heavy atom. The molecule has 0 unspecified atom stereocenters. The number of rotatable bonds is 7. The van der Waals surface area contributed by atoms with Crippen molar-refractivity contribution >= 4 is 17.0 Å². The predicted octanol–water partition coefficient (Wildman–Crippen LogP) is 7.24. The second-order valence-corrected chi connectivity index (χ2v) is 13.0. The summed E-state index contributed by atoms with van der Waals surface area (Å²) in [5.41, 5.74) is 9.31. The van der Waals surface area contributed by atoms with Gasteiger partial charge in [-0.1, -0.05) is 42.5 Å². The quantitative estimate of drug-likeness (QED) is 0.238. The Balaban J connectivity index is 0.964. The number of fused-ring (bicyclic) bond motifs is 1. The van der Waals surface area contributed by atoms with Crippen LogP contribution in [0.1, 0.15) is 73.2 Å². The van der Waals surface area contributed by atoms with Crippen LogP contribution in [-0.4, -0.2) is 54.6 Å². The molecule has 0 atom stereocenters. The third-order valence-corrected chi connectivity index (χ3v) is 9.44. The fraction of sp³-hybridized carbons (Fsp3) is 0.324. The minimum Gasteiger partial charge on any atom is -0.299 e. The lowest BCUT2D eigenvalue weighted by Gasteiger charge is -2.31. The van der Waals surface area contributed by atoms with Crippen LogP contribution in [0, 0.1) is 18.7 Å². The van der Waals surface area contributed by atoms with Gasteiger partial charge < -0.3 is 0 Å². The van der Waals surface area contributed by atoms with E-state index in [0.717, 1.165) is 84.3 Å². The van der Waals surface area contributed by atoms with Gasteiger partial charge in [0.25, 0.3) is 0 Å². The van der Waals surface area contributed by atoms with Gasteiger partial charge in [0.1, 0.15) is 17.3 Å². The number of benzene rings is 2. The molecule has 8 rings (SSSR count). The highest BCUT2D eigenvalue weighted by Gasteiger charge is 2.33. The molecule has 0 spiro atoms. The Kier molecular flexibility index (Phi) is 7.41. The van der Waals surface area contributed by atoms with E-state index in [1.165, 1.54) is 41.8 Å². The van der Waals surface area contributed by atoms with Crippen LogP contribution in [0.15, 0.2) is 94.4 Å². The molecule has 1 saturated carbocycles. The molecule has 232 valence electrons. The van der Waals surface area contributed by atoms with Crippen molar-refractivity contribution in [2.75, 3.05) is 13.1 Å². The number of hydrogen-bond donors (Lipinski definition) is 1. The molecule has 9 heteroatoms. The Labute approximate surface area is 268 Å². The van der Waals surface area contributed by atoms with Gasteiger partial charge in [-0.15, -0.1) is 0 Å². The zero-order valence-electron chi connectivity index (χ0n) is 26.2. The molecule has 1 aliphatic carbocycles. The van der Waals surface area contributed by atoms with E-state index in [0.29, 0.717) is 17.7 Å². The van der Waals surface area contributed by atoms with E-state index >= 15 is 0 Å². The first-order valence-corrected chi connectivity index (χ1v) is 16.3. The Hall–Kier alpha value is -4.76. The van der Waals surface area contributed by atoms with Gasteiger partial charge in [0.15, 0.2) is 11.6 Å². The van der Waals surface area contributed by atoms with Crippen LogP contribution in [-0.2, 0) is 6.54 Å². The number of aromatic amines is 1. The maximum atomic E-state index is 13.9. The number of allylic oxidation sites excluding steroid dienone is 2. The van der Waals surface area contributed by atoms with Gasteiger partial charge in [0, 0.05) is 47.6 Å². The van der Waals surface area contributed by atoms with E-state index in [-0.39, 0.29) is 5.82 Å². The van der Waals surface area contributed by atoms with Gasteiger partial charge >= 0.3 is 0 Å². The van der Waals surface area contributed by atoms with Gasteiger partial charge in [-0.2, -0.15) is 10.2 Å². The van der Waals surface area contributed by atoms with Crippen molar-refractivity contribution < 1.29 is 4.39 Å². The molecule has 1 N–H and O–H groups in total. The third kappa shape index (κ3) is 5.83. The zero-order chi connectivity index (χ0) is 31.2. The van der Waals surface area contributed by atoms with Crippen LogP contribution in [0.5, 0.6) is 0 Å². The van der Waals surface area contributed by atoms with E-state index in [1.54, 1.807) is 0 Å². The van der Waals surface area contributed by atoms with E-state index in [4.69, 9.17) is 15.1 Å². The second kappa shape index (κ2) is 11.9. The van der Waals surface area contributed by atoms with E-state index in [9.17, 15) is 4.39 Å². The number of aryl methyl sites for hydroxylation is 1. The highest BCUT2D eigenvalue weighted by Crippen LogP contribution is 2.39. The van der Waals surface area contributed by atoms with E-state index in [2.05, 4.69) is 57.5 Å². The highest BCUT2D eigenvalue weighted by atomic mass is 19.1. The molecular weight excluding hydrogens is 575 g/mol. The lowest BCUT2D eigenvalue weighted by atomic mass is 9.93. The first-order chi connectivity index (χ1) is 22.5. The summed E-state index contributed by atoms with van der Waals surface area (Å²) in [6.07, 6.45) is 7.46. The summed E-state index contributed by atoms with van der Waals surface area (Å²) in [6, 6.07) is 21.3. The molecule has 4 aromatic rings. The molecule has 8 nitrogen and oxygen atoms in total. The molecule has 2 aromatic carbocycles. The summed E-state index contributed by atoms with van der Waals surface area (Å²) >= 11 is 0. The summed E-state index contributed by atoms with van der Waals surface area (Å²) in [5.74, 6) is 3.23. The predicted molar refractivity (Wildman–Crippen MR) is 178 cm³/mol. The van der Waals surface area contributed by atoms with Crippen LogP contribution in [0.2, 0.25) is 0 Å². The van der Waals surface area contributed by atoms with E-state index < -0.39 is 0 Å². The number of piperidine rings is 1. The standard InChI is InChI=1S/C37H37FN8/c1-23-20-33(27-10-11-27)44-46-22-31(26-12-14-30(38)15-13-26)34(40-37(23)46)28-8-6-25(7-9-28)21-45-18-16-29(17-19-45)35-41-36(43-42-35)32-5-3-4-24(2)39-32/h3-9,12-15,22,27,29H,10-11,16-21H2,1-2H3,(H,41,42,43). The number of hydrazone groups is 1. The lowest BCUT2D eigenvalue weighted by Crippen LogP contribution is -2.32. The monoisotopic (exact) mass is 612 g/mol. The molecule has 1 saturated heterocycles. The second-order valence-electron chi connectivity index (χ2n) is 13.0. The molecule has 5 heterocycles. The van der Waals surface area contributed by atoms with Crippen molar-refractivity contribution in [1.29, 1.82) is 0 Å². The Morgan fingerprint density at radius 1 is 0.848 bits per heavy atom. The van der Waals surface area contributed by atoms with Crippen molar-refractivity contribution in [1.82, 2.24) is 30.1 Å². The molecule has 2 fully saturated rings. The SMILES string of the molecule is CC1=C2N=C(c3ccc(CN4CCC(c5nc(-c6cccc(C)n6)n[nH]5)CC4)cc3)C(c3ccc(F)cc3)=CN2N=C(C2CC2)C1. The molecule has 4 aliphatic rings. The fourth-order valence-corrected chi connectivity index (χ4v) is 6.69. The normalized spacial score (nSPS) is 19.1. The molecule has 0 bridgehead atoms.